The summed E-state index contributed by atoms with van der Waals surface area (Å²) in [6.07, 6.45) is 1.40. The van der Waals surface area contributed by atoms with Crippen LogP contribution in [-0.2, 0) is 4.79 Å². The van der Waals surface area contributed by atoms with Gasteiger partial charge in [-0.15, -0.1) is 11.8 Å². The largest absolute Gasteiger partial charge is 0.507 e. The van der Waals surface area contributed by atoms with E-state index in [1.807, 2.05) is 6.92 Å². The van der Waals surface area contributed by atoms with Gasteiger partial charge in [-0.05, 0) is 18.6 Å². The van der Waals surface area contributed by atoms with Crippen LogP contribution in [0.4, 0.5) is 4.39 Å². The SMILES string of the molecule is CCCC1SCC(C(=O)O)N1C(=O)c1c(O)cccc1F. The zero-order valence-corrected chi connectivity index (χ0v) is 12.3. The predicted molar refractivity (Wildman–Crippen MR) is 76.8 cm³/mol. The van der Waals surface area contributed by atoms with E-state index in [9.17, 15) is 24.2 Å². The summed E-state index contributed by atoms with van der Waals surface area (Å²) >= 11 is 1.37. The molecular weight excluding hydrogens is 297 g/mol. The van der Waals surface area contributed by atoms with Gasteiger partial charge in [0.1, 0.15) is 23.2 Å². The number of aromatic hydroxyl groups is 1. The van der Waals surface area contributed by atoms with Crippen LogP contribution < -0.4 is 0 Å². The Kier molecular flexibility index (Phi) is 4.72. The minimum atomic E-state index is -1.12. The third-order valence-corrected chi connectivity index (χ3v) is 4.71. The second-order valence-electron chi connectivity index (χ2n) is 4.78. The molecule has 114 valence electrons. The standard InChI is InChI=1S/C14H16FNO4S/c1-2-4-11-16(9(7-21-11)14(19)20)13(18)12-8(15)5-3-6-10(12)17/h3,5-6,9,11,17H,2,4,7H2,1H3,(H,19,20). The Hall–Kier alpha value is -1.76. The topological polar surface area (TPSA) is 77.8 Å². The number of phenolic OH excluding ortho intramolecular Hbond substituents is 1. The first-order valence-corrected chi connectivity index (χ1v) is 7.66. The molecule has 2 rings (SSSR count). The number of hydrogen-bond donors (Lipinski definition) is 2. The highest BCUT2D eigenvalue weighted by molar-refractivity contribution is 8.00. The van der Waals surface area contributed by atoms with Gasteiger partial charge in [0.05, 0.1) is 5.37 Å². The summed E-state index contributed by atoms with van der Waals surface area (Å²) in [5.41, 5.74) is -0.465. The lowest BCUT2D eigenvalue weighted by molar-refractivity contribution is -0.141. The van der Waals surface area contributed by atoms with E-state index < -0.39 is 35.0 Å². The summed E-state index contributed by atoms with van der Waals surface area (Å²) in [7, 11) is 0. The van der Waals surface area contributed by atoms with Crippen LogP contribution in [0, 0.1) is 5.82 Å². The predicted octanol–water partition coefficient (Wildman–Crippen LogP) is 2.30. The number of carbonyl (C=O) groups excluding carboxylic acids is 1. The molecule has 1 saturated heterocycles. The molecule has 1 fully saturated rings. The molecule has 21 heavy (non-hydrogen) atoms. The molecular formula is C14H16FNO4S. The fourth-order valence-electron chi connectivity index (χ4n) is 2.35. The zero-order valence-electron chi connectivity index (χ0n) is 11.5. The minimum absolute atomic E-state index is 0.265. The van der Waals surface area contributed by atoms with Crippen LogP contribution >= 0.6 is 11.8 Å². The van der Waals surface area contributed by atoms with E-state index in [4.69, 9.17) is 0 Å². The van der Waals surface area contributed by atoms with Gasteiger partial charge in [0.2, 0.25) is 0 Å². The van der Waals surface area contributed by atoms with Gasteiger partial charge in [0.25, 0.3) is 5.91 Å². The van der Waals surface area contributed by atoms with Crippen molar-refractivity contribution in [3.05, 3.63) is 29.6 Å². The first-order valence-electron chi connectivity index (χ1n) is 6.62. The first-order chi connectivity index (χ1) is 9.97. The van der Waals surface area contributed by atoms with Crippen LogP contribution in [0.3, 0.4) is 0 Å². The molecule has 0 aliphatic carbocycles. The van der Waals surface area contributed by atoms with Crippen molar-refractivity contribution in [2.45, 2.75) is 31.2 Å². The van der Waals surface area contributed by atoms with Crippen molar-refractivity contribution in [2.24, 2.45) is 0 Å². The van der Waals surface area contributed by atoms with Gasteiger partial charge >= 0.3 is 5.97 Å². The normalized spacial score (nSPS) is 21.5. The van der Waals surface area contributed by atoms with Gasteiger partial charge < -0.3 is 15.1 Å². The molecule has 0 aromatic heterocycles. The number of carbonyl (C=O) groups is 2. The average molecular weight is 313 g/mol. The number of carboxylic acids is 1. The van der Waals surface area contributed by atoms with E-state index in [0.29, 0.717) is 6.42 Å². The zero-order chi connectivity index (χ0) is 15.6. The summed E-state index contributed by atoms with van der Waals surface area (Å²) in [5, 5.41) is 18.6. The molecule has 2 atom stereocenters. The Bertz CT molecular complexity index is 546. The number of phenols is 1. The van der Waals surface area contributed by atoms with Crippen molar-refractivity contribution in [3.8, 4) is 5.75 Å². The fourth-order valence-corrected chi connectivity index (χ4v) is 3.86. The Morgan fingerprint density at radius 3 is 2.76 bits per heavy atom. The summed E-state index contributed by atoms with van der Waals surface area (Å²) < 4.78 is 13.8. The van der Waals surface area contributed by atoms with E-state index in [1.54, 1.807) is 0 Å². The number of rotatable bonds is 4. The van der Waals surface area contributed by atoms with Gasteiger partial charge in [0.15, 0.2) is 0 Å². The van der Waals surface area contributed by atoms with Gasteiger partial charge in [-0.1, -0.05) is 19.4 Å². The Morgan fingerprint density at radius 2 is 2.19 bits per heavy atom. The number of nitrogens with zero attached hydrogens (tertiary/aromatic N) is 1. The van der Waals surface area contributed by atoms with Crippen molar-refractivity contribution < 1.29 is 24.2 Å². The molecule has 1 aromatic carbocycles. The fraction of sp³-hybridized carbons (Fsp3) is 0.429. The smallest absolute Gasteiger partial charge is 0.327 e. The molecule has 7 heteroatoms. The lowest BCUT2D eigenvalue weighted by atomic mass is 10.1. The van der Waals surface area contributed by atoms with Crippen molar-refractivity contribution in [2.75, 3.05) is 5.75 Å². The highest BCUT2D eigenvalue weighted by atomic mass is 32.2. The summed E-state index contributed by atoms with van der Waals surface area (Å²) in [4.78, 5) is 25.0. The van der Waals surface area contributed by atoms with Crippen molar-refractivity contribution in [1.82, 2.24) is 4.90 Å². The number of amides is 1. The monoisotopic (exact) mass is 313 g/mol. The Morgan fingerprint density at radius 1 is 1.48 bits per heavy atom. The summed E-state index contributed by atoms with van der Waals surface area (Å²) in [6.45, 7) is 1.93. The Balaban J connectivity index is 2.39. The molecule has 1 amide bonds. The first kappa shape index (κ1) is 15.6. The molecule has 0 bridgehead atoms. The van der Waals surface area contributed by atoms with Gasteiger partial charge in [0, 0.05) is 5.75 Å². The van der Waals surface area contributed by atoms with E-state index in [-0.39, 0.29) is 11.1 Å². The van der Waals surface area contributed by atoms with E-state index in [1.165, 1.54) is 28.8 Å². The van der Waals surface area contributed by atoms with Crippen LogP contribution in [0.1, 0.15) is 30.1 Å². The lowest BCUT2D eigenvalue weighted by Crippen LogP contribution is -2.45. The molecule has 0 saturated carbocycles. The van der Waals surface area contributed by atoms with E-state index >= 15 is 0 Å². The lowest BCUT2D eigenvalue weighted by Gasteiger charge is -2.27. The van der Waals surface area contributed by atoms with Gasteiger partial charge in [-0.3, -0.25) is 4.79 Å². The number of benzene rings is 1. The number of halogens is 1. The third-order valence-electron chi connectivity index (χ3n) is 3.35. The van der Waals surface area contributed by atoms with Crippen molar-refractivity contribution in [3.63, 3.8) is 0 Å². The van der Waals surface area contributed by atoms with Crippen LogP contribution in [0.5, 0.6) is 5.75 Å². The third kappa shape index (κ3) is 2.97. The molecule has 0 spiro atoms. The van der Waals surface area contributed by atoms with Crippen LogP contribution in [0.2, 0.25) is 0 Å². The minimum Gasteiger partial charge on any atom is -0.507 e. The van der Waals surface area contributed by atoms with Crippen LogP contribution in [-0.4, -0.2) is 44.2 Å². The highest BCUT2D eigenvalue weighted by Gasteiger charge is 2.42. The summed E-state index contributed by atoms with van der Waals surface area (Å²) in [6, 6.07) is 2.57. The van der Waals surface area contributed by atoms with Gasteiger partial charge in [-0.2, -0.15) is 0 Å². The van der Waals surface area contributed by atoms with E-state index in [2.05, 4.69) is 0 Å². The second kappa shape index (κ2) is 6.34. The summed E-state index contributed by atoms with van der Waals surface area (Å²) in [5.74, 6) is -2.96. The molecule has 1 aromatic rings. The van der Waals surface area contributed by atoms with Crippen molar-refractivity contribution in [1.29, 1.82) is 0 Å². The molecule has 1 aliphatic rings. The maximum Gasteiger partial charge on any atom is 0.327 e. The number of hydrogen-bond acceptors (Lipinski definition) is 4. The maximum absolute atomic E-state index is 13.8. The molecule has 2 unspecified atom stereocenters. The molecule has 5 nitrogen and oxygen atoms in total. The Labute approximate surface area is 125 Å². The van der Waals surface area contributed by atoms with Crippen LogP contribution in [0.15, 0.2) is 18.2 Å². The average Bonchev–Trinajstić information content (AvgIpc) is 2.82. The molecule has 2 N–H and O–H groups in total. The number of aliphatic carboxylic acids is 1. The van der Waals surface area contributed by atoms with Crippen LogP contribution in [0.25, 0.3) is 0 Å². The number of carboxylic acid groups (broad SMARTS) is 1. The van der Waals surface area contributed by atoms with E-state index in [0.717, 1.165) is 12.5 Å². The quantitative estimate of drug-likeness (QED) is 0.892. The van der Waals surface area contributed by atoms with Crippen molar-refractivity contribution >= 4 is 23.6 Å². The molecule has 0 radical (unpaired) electrons. The molecule has 1 aliphatic heterocycles. The highest BCUT2D eigenvalue weighted by Crippen LogP contribution is 2.35. The number of thioether (sulfide) groups is 1. The maximum atomic E-state index is 13.8. The second-order valence-corrected chi connectivity index (χ2v) is 5.99. The molecule has 1 heterocycles. The van der Waals surface area contributed by atoms with Gasteiger partial charge in [-0.25, -0.2) is 9.18 Å².